The summed E-state index contributed by atoms with van der Waals surface area (Å²) >= 11 is 5.78. The number of rotatable bonds is 2. The molecule has 0 radical (unpaired) electrons. The van der Waals surface area contributed by atoms with E-state index in [9.17, 15) is 0 Å². The SMILES string of the molecule is COC1CCN(c2cc(Cl)ncn2)C1. The van der Waals surface area contributed by atoms with Crippen LogP contribution in [0.3, 0.4) is 0 Å². The molecule has 0 aliphatic carbocycles. The van der Waals surface area contributed by atoms with Crippen molar-refractivity contribution in [2.45, 2.75) is 12.5 Å². The van der Waals surface area contributed by atoms with Gasteiger partial charge in [0.05, 0.1) is 6.10 Å². The molecule has 0 aromatic carbocycles. The van der Waals surface area contributed by atoms with Crippen LogP contribution in [0.5, 0.6) is 0 Å². The predicted octanol–water partition coefficient (Wildman–Crippen LogP) is 1.36. The zero-order valence-corrected chi connectivity index (χ0v) is 8.74. The van der Waals surface area contributed by atoms with Gasteiger partial charge in [-0.05, 0) is 6.42 Å². The third-order valence-electron chi connectivity index (χ3n) is 2.42. The number of hydrogen-bond acceptors (Lipinski definition) is 4. The second-order valence-electron chi connectivity index (χ2n) is 3.29. The van der Waals surface area contributed by atoms with Crippen molar-refractivity contribution in [2.24, 2.45) is 0 Å². The minimum Gasteiger partial charge on any atom is -0.380 e. The van der Waals surface area contributed by atoms with Gasteiger partial charge in [0.2, 0.25) is 0 Å². The highest BCUT2D eigenvalue weighted by Crippen LogP contribution is 2.20. The summed E-state index contributed by atoms with van der Waals surface area (Å²) in [6.45, 7) is 1.84. The van der Waals surface area contributed by atoms with Gasteiger partial charge in [0, 0.05) is 26.3 Å². The van der Waals surface area contributed by atoms with Gasteiger partial charge >= 0.3 is 0 Å². The van der Waals surface area contributed by atoms with Crippen LogP contribution in [-0.2, 0) is 4.74 Å². The maximum atomic E-state index is 5.78. The first-order chi connectivity index (χ1) is 6.79. The molecule has 1 saturated heterocycles. The number of ether oxygens (including phenoxy) is 1. The standard InChI is InChI=1S/C9H12ClN3O/c1-14-7-2-3-13(5-7)9-4-8(10)11-6-12-9/h4,6-7H,2-3,5H2,1H3. The van der Waals surface area contributed by atoms with Crippen LogP contribution < -0.4 is 4.90 Å². The van der Waals surface area contributed by atoms with E-state index < -0.39 is 0 Å². The van der Waals surface area contributed by atoms with Gasteiger partial charge in [-0.15, -0.1) is 0 Å². The Hall–Kier alpha value is -0.870. The molecule has 1 fully saturated rings. The van der Waals surface area contributed by atoms with Crippen molar-refractivity contribution in [1.29, 1.82) is 0 Å². The van der Waals surface area contributed by atoms with E-state index in [1.807, 2.05) is 0 Å². The molecule has 1 unspecified atom stereocenters. The Morgan fingerprint density at radius 3 is 3.07 bits per heavy atom. The molecular weight excluding hydrogens is 202 g/mol. The van der Waals surface area contributed by atoms with E-state index in [4.69, 9.17) is 16.3 Å². The van der Waals surface area contributed by atoms with Crippen LogP contribution in [0.4, 0.5) is 5.82 Å². The molecule has 0 bridgehead atoms. The largest absolute Gasteiger partial charge is 0.380 e. The first-order valence-corrected chi connectivity index (χ1v) is 4.92. The topological polar surface area (TPSA) is 38.2 Å². The van der Waals surface area contributed by atoms with Gasteiger partial charge in [0.1, 0.15) is 17.3 Å². The average molecular weight is 214 g/mol. The van der Waals surface area contributed by atoms with Gasteiger partial charge in [0.25, 0.3) is 0 Å². The molecule has 1 aliphatic rings. The summed E-state index contributed by atoms with van der Waals surface area (Å²) in [4.78, 5) is 10.2. The molecule has 2 rings (SSSR count). The van der Waals surface area contributed by atoms with E-state index in [0.29, 0.717) is 11.3 Å². The molecule has 1 aromatic heterocycles. The summed E-state index contributed by atoms with van der Waals surface area (Å²) in [5.74, 6) is 0.879. The highest BCUT2D eigenvalue weighted by atomic mass is 35.5. The number of halogens is 1. The summed E-state index contributed by atoms with van der Waals surface area (Å²) < 4.78 is 5.28. The van der Waals surface area contributed by atoms with E-state index in [-0.39, 0.29) is 0 Å². The Kier molecular flexibility index (Phi) is 2.84. The lowest BCUT2D eigenvalue weighted by Gasteiger charge is -2.16. The van der Waals surface area contributed by atoms with Crippen LogP contribution in [0.15, 0.2) is 12.4 Å². The number of aromatic nitrogens is 2. The van der Waals surface area contributed by atoms with E-state index in [1.54, 1.807) is 13.2 Å². The van der Waals surface area contributed by atoms with Crippen molar-refractivity contribution in [3.8, 4) is 0 Å². The lowest BCUT2D eigenvalue weighted by atomic mass is 10.3. The number of nitrogens with zero attached hydrogens (tertiary/aromatic N) is 3. The lowest BCUT2D eigenvalue weighted by Crippen LogP contribution is -2.23. The van der Waals surface area contributed by atoms with Crippen molar-refractivity contribution in [3.05, 3.63) is 17.5 Å². The first-order valence-electron chi connectivity index (χ1n) is 4.55. The molecular formula is C9H12ClN3O. The van der Waals surface area contributed by atoms with Crippen molar-refractivity contribution < 1.29 is 4.74 Å². The maximum Gasteiger partial charge on any atom is 0.134 e. The van der Waals surface area contributed by atoms with E-state index in [1.165, 1.54) is 6.33 Å². The Labute approximate surface area is 87.9 Å². The summed E-state index contributed by atoms with van der Waals surface area (Å²) in [5.41, 5.74) is 0. The molecule has 1 aromatic rings. The van der Waals surface area contributed by atoms with E-state index >= 15 is 0 Å². The zero-order chi connectivity index (χ0) is 9.97. The first kappa shape index (κ1) is 9.68. The minimum atomic E-state index is 0.309. The molecule has 76 valence electrons. The van der Waals surface area contributed by atoms with Crippen LogP contribution in [0.1, 0.15) is 6.42 Å². The van der Waals surface area contributed by atoms with Gasteiger partial charge in [-0.1, -0.05) is 11.6 Å². The second kappa shape index (κ2) is 4.11. The molecule has 5 heteroatoms. The van der Waals surface area contributed by atoms with Crippen molar-refractivity contribution in [2.75, 3.05) is 25.1 Å². The summed E-state index contributed by atoms with van der Waals surface area (Å²) in [6.07, 6.45) is 2.83. The second-order valence-corrected chi connectivity index (χ2v) is 3.68. The predicted molar refractivity (Wildman–Crippen MR) is 54.7 cm³/mol. The van der Waals surface area contributed by atoms with Gasteiger partial charge in [-0.25, -0.2) is 9.97 Å². The summed E-state index contributed by atoms with van der Waals surface area (Å²) in [7, 11) is 1.74. The smallest absolute Gasteiger partial charge is 0.134 e. The van der Waals surface area contributed by atoms with Crippen molar-refractivity contribution >= 4 is 17.4 Å². The molecule has 2 heterocycles. The summed E-state index contributed by atoms with van der Waals surface area (Å²) in [5, 5.41) is 0.482. The van der Waals surface area contributed by atoms with Crippen LogP contribution >= 0.6 is 11.6 Å². The fourth-order valence-electron chi connectivity index (χ4n) is 1.63. The van der Waals surface area contributed by atoms with Crippen LogP contribution in [0.25, 0.3) is 0 Å². The Balaban J connectivity index is 2.09. The number of hydrogen-bond donors (Lipinski definition) is 0. The lowest BCUT2D eigenvalue weighted by molar-refractivity contribution is 0.121. The molecule has 1 atom stereocenters. The monoisotopic (exact) mass is 213 g/mol. The van der Waals surface area contributed by atoms with E-state index in [0.717, 1.165) is 25.3 Å². The molecule has 0 spiro atoms. The quantitative estimate of drug-likeness (QED) is 0.696. The fraction of sp³-hybridized carbons (Fsp3) is 0.556. The third kappa shape index (κ3) is 1.96. The van der Waals surface area contributed by atoms with Gasteiger partial charge in [-0.2, -0.15) is 0 Å². The van der Waals surface area contributed by atoms with Crippen molar-refractivity contribution in [1.82, 2.24) is 9.97 Å². The van der Waals surface area contributed by atoms with Gasteiger partial charge in [0.15, 0.2) is 0 Å². The van der Waals surface area contributed by atoms with Crippen molar-refractivity contribution in [3.63, 3.8) is 0 Å². The molecule has 0 amide bonds. The van der Waals surface area contributed by atoms with Gasteiger partial charge < -0.3 is 9.64 Å². The molecule has 0 N–H and O–H groups in total. The van der Waals surface area contributed by atoms with Crippen LogP contribution in [0.2, 0.25) is 5.15 Å². The number of methoxy groups -OCH3 is 1. The Morgan fingerprint density at radius 2 is 2.43 bits per heavy atom. The Bertz CT molecular complexity index is 321. The zero-order valence-electron chi connectivity index (χ0n) is 7.98. The normalized spacial score (nSPS) is 21.6. The van der Waals surface area contributed by atoms with Crippen LogP contribution in [-0.4, -0.2) is 36.3 Å². The average Bonchev–Trinajstić information content (AvgIpc) is 2.66. The fourth-order valence-corrected chi connectivity index (χ4v) is 1.77. The highest BCUT2D eigenvalue weighted by molar-refractivity contribution is 6.29. The highest BCUT2D eigenvalue weighted by Gasteiger charge is 2.22. The molecule has 14 heavy (non-hydrogen) atoms. The van der Waals surface area contributed by atoms with E-state index in [2.05, 4.69) is 14.9 Å². The van der Waals surface area contributed by atoms with Crippen LogP contribution in [0, 0.1) is 0 Å². The summed E-state index contributed by atoms with van der Waals surface area (Å²) in [6, 6.07) is 1.78. The Morgan fingerprint density at radius 1 is 1.57 bits per heavy atom. The maximum absolute atomic E-state index is 5.78. The molecule has 0 saturated carbocycles. The minimum absolute atomic E-state index is 0.309. The van der Waals surface area contributed by atoms with Gasteiger partial charge in [-0.3, -0.25) is 0 Å². The third-order valence-corrected chi connectivity index (χ3v) is 2.63. The number of anilines is 1. The molecule has 4 nitrogen and oxygen atoms in total. The molecule has 1 aliphatic heterocycles.